The summed E-state index contributed by atoms with van der Waals surface area (Å²) in [5.74, 6) is 0.474. The first-order valence-electron chi connectivity index (χ1n) is 7.06. The van der Waals surface area contributed by atoms with E-state index in [0.717, 1.165) is 12.0 Å². The molecule has 1 N–H and O–H groups in total. The number of benzene rings is 1. The Morgan fingerprint density at radius 1 is 1.21 bits per heavy atom. The lowest BCUT2D eigenvalue weighted by atomic mass is 10.0. The smallest absolute Gasteiger partial charge is 0.146 e. The molecule has 0 aliphatic rings. The van der Waals surface area contributed by atoms with Crippen molar-refractivity contribution in [3.05, 3.63) is 29.6 Å². The molecule has 0 spiro atoms. The van der Waals surface area contributed by atoms with Crippen LogP contribution in [-0.2, 0) is 0 Å². The average Bonchev–Trinajstić information content (AvgIpc) is 2.36. The molecule has 2 atom stereocenters. The van der Waals surface area contributed by atoms with E-state index >= 15 is 0 Å². The highest BCUT2D eigenvalue weighted by Crippen LogP contribution is 2.25. The van der Waals surface area contributed by atoms with Gasteiger partial charge in [-0.1, -0.05) is 19.9 Å². The van der Waals surface area contributed by atoms with Gasteiger partial charge in [0.05, 0.1) is 5.69 Å². The number of nitrogens with one attached hydrogen (secondary N) is 1. The van der Waals surface area contributed by atoms with Crippen LogP contribution < -0.4 is 10.2 Å². The molecule has 0 fully saturated rings. The SMILES string of the molecule is CNC(C)c1ccc(N(C)C(C)CC(C)C)c(F)c1. The van der Waals surface area contributed by atoms with Crippen LogP contribution in [0.3, 0.4) is 0 Å². The quantitative estimate of drug-likeness (QED) is 0.838. The molecule has 1 aromatic carbocycles. The van der Waals surface area contributed by atoms with Crippen LogP contribution in [0.2, 0.25) is 0 Å². The van der Waals surface area contributed by atoms with Gasteiger partial charge in [0.1, 0.15) is 5.82 Å². The highest BCUT2D eigenvalue weighted by atomic mass is 19.1. The Kier molecular flexibility index (Phi) is 5.80. The van der Waals surface area contributed by atoms with Gasteiger partial charge < -0.3 is 10.2 Å². The zero-order valence-corrected chi connectivity index (χ0v) is 13.0. The lowest BCUT2D eigenvalue weighted by molar-refractivity contribution is 0.497. The standard InChI is InChI=1S/C16H27FN2/c1-11(2)9-12(3)19(6)16-8-7-14(10-15(16)17)13(4)18-5/h7-8,10-13,18H,9H2,1-6H3. The maximum absolute atomic E-state index is 14.2. The summed E-state index contributed by atoms with van der Waals surface area (Å²) in [4.78, 5) is 2.03. The van der Waals surface area contributed by atoms with Crippen LogP contribution in [0.15, 0.2) is 18.2 Å². The second kappa shape index (κ2) is 6.90. The maximum Gasteiger partial charge on any atom is 0.146 e. The molecule has 0 radical (unpaired) electrons. The highest BCUT2D eigenvalue weighted by molar-refractivity contribution is 5.49. The summed E-state index contributed by atoms with van der Waals surface area (Å²) in [5.41, 5.74) is 1.66. The molecule has 0 aliphatic carbocycles. The Morgan fingerprint density at radius 3 is 2.32 bits per heavy atom. The summed E-state index contributed by atoms with van der Waals surface area (Å²) < 4.78 is 14.2. The fourth-order valence-electron chi connectivity index (χ4n) is 2.32. The zero-order chi connectivity index (χ0) is 14.6. The first-order valence-corrected chi connectivity index (χ1v) is 7.06. The monoisotopic (exact) mass is 266 g/mol. The van der Waals surface area contributed by atoms with E-state index in [2.05, 4.69) is 26.1 Å². The Morgan fingerprint density at radius 2 is 1.84 bits per heavy atom. The van der Waals surface area contributed by atoms with Gasteiger partial charge in [0.25, 0.3) is 0 Å². The van der Waals surface area contributed by atoms with Gasteiger partial charge in [0.2, 0.25) is 0 Å². The normalized spacial score (nSPS) is 14.5. The third-order valence-electron chi connectivity index (χ3n) is 3.76. The first kappa shape index (κ1) is 16.0. The molecule has 0 amide bonds. The van der Waals surface area contributed by atoms with Crippen LogP contribution in [0, 0.1) is 11.7 Å². The van der Waals surface area contributed by atoms with E-state index < -0.39 is 0 Å². The van der Waals surface area contributed by atoms with Crippen LogP contribution in [-0.4, -0.2) is 20.1 Å². The molecule has 19 heavy (non-hydrogen) atoms. The minimum Gasteiger partial charge on any atom is -0.370 e. The Hall–Kier alpha value is -1.09. The highest BCUT2D eigenvalue weighted by Gasteiger charge is 2.16. The molecule has 0 aromatic heterocycles. The van der Waals surface area contributed by atoms with Crippen molar-refractivity contribution in [2.45, 2.75) is 46.2 Å². The Labute approximate surface area is 117 Å². The van der Waals surface area contributed by atoms with Gasteiger partial charge in [-0.2, -0.15) is 0 Å². The third kappa shape index (κ3) is 4.20. The van der Waals surface area contributed by atoms with Crippen molar-refractivity contribution in [3.63, 3.8) is 0 Å². The van der Waals surface area contributed by atoms with E-state index in [-0.39, 0.29) is 11.9 Å². The molecular formula is C16H27FN2. The molecule has 1 aromatic rings. The molecule has 0 aliphatic heterocycles. The largest absolute Gasteiger partial charge is 0.370 e. The Balaban J connectivity index is 2.89. The van der Waals surface area contributed by atoms with E-state index in [0.29, 0.717) is 17.6 Å². The summed E-state index contributed by atoms with van der Waals surface area (Å²) >= 11 is 0. The predicted molar refractivity (Wildman–Crippen MR) is 81.2 cm³/mol. The topological polar surface area (TPSA) is 15.3 Å². The minimum absolute atomic E-state index is 0.141. The van der Waals surface area contributed by atoms with Gasteiger partial charge >= 0.3 is 0 Å². The summed E-state index contributed by atoms with van der Waals surface area (Å²) in [6, 6.07) is 6.02. The predicted octanol–water partition coefficient (Wildman–Crippen LogP) is 3.98. The second-order valence-corrected chi connectivity index (χ2v) is 5.81. The van der Waals surface area contributed by atoms with Gasteiger partial charge in [-0.15, -0.1) is 0 Å². The fourth-order valence-corrected chi connectivity index (χ4v) is 2.32. The summed E-state index contributed by atoms with van der Waals surface area (Å²) in [6.07, 6.45) is 1.06. The zero-order valence-electron chi connectivity index (χ0n) is 13.0. The minimum atomic E-state index is -0.141. The molecule has 1 rings (SSSR count). The summed E-state index contributed by atoms with van der Waals surface area (Å²) in [7, 11) is 3.85. The molecular weight excluding hydrogens is 239 g/mol. The second-order valence-electron chi connectivity index (χ2n) is 5.81. The van der Waals surface area contributed by atoms with E-state index in [1.165, 1.54) is 0 Å². The molecule has 0 saturated heterocycles. The fraction of sp³-hybridized carbons (Fsp3) is 0.625. The molecule has 108 valence electrons. The van der Waals surface area contributed by atoms with Crippen LogP contribution >= 0.6 is 0 Å². The van der Waals surface area contributed by atoms with Crippen molar-refractivity contribution in [1.82, 2.24) is 5.32 Å². The summed E-state index contributed by atoms with van der Waals surface area (Å²) in [6.45, 7) is 8.56. The molecule has 0 bridgehead atoms. The van der Waals surface area contributed by atoms with E-state index in [1.807, 2.05) is 38.1 Å². The van der Waals surface area contributed by atoms with Crippen molar-refractivity contribution in [2.75, 3.05) is 19.0 Å². The third-order valence-corrected chi connectivity index (χ3v) is 3.76. The lowest BCUT2D eigenvalue weighted by Crippen LogP contribution is -2.30. The van der Waals surface area contributed by atoms with Crippen LogP contribution in [0.4, 0.5) is 10.1 Å². The van der Waals surface area contributed by atoms with Gasteiger partial charge in [-0.25, -0.2) is 4.39 Å². The van der Waals surface area contributed by atoms with Gasteiger partial charge in [-0.3, -0.25) is 0 Å². The number of rotatable bonds is 6. The van der Waals surface area contributed by atoms with Crippen molar-refractivity contribution < 1.29 is 4.39 Å². The lowest BCUT2D eigenvalue weighted by Gasteiger charge is -2.29. The molecule has 3 heteroatoms. The molecule has 0 saturated carbocycles. The average molecular weight is 266 g/mol. The molecule has 2 nitrogen and oxygen atoms in total. The van der Waals surface area contributed by atoms with Crippen molar-refractivity contribution >= 4 is 5.69 Å². The van der Waals surface area contributed by atoms with Gasteiger partial charge in [-0.05, 0) is 50.9 Å². The van der Waals surface area contributed by atoms with Crippen LogP contribution in [0.5, 0.6) is 0 Å². The molecule has 2 unspecified atom stereocenters. The number of halogens is 1. The van der Waals surface area contributed by atoms with Crippen molar-refractivity contribution in [2.24, 2.45) is 5.92 Å². The van der Waals surface area contributed by atoms with E-state index in [1.54, 1.807) is 6.07 Å². The van der Waals surface area contributed by atoms with Crippen molar-refractivity contribution in [1.29, 1.82) is 0 Å². The Bertz CT molecular complexity index is 404. The van der Waals surface area contributed by atoms with Gasteiger partial charge in [0.15, 0.2) is 0 Å². The maximum atomic E-state index is 14.2. The van der Waals surface area contributed by atoms with Crippen molar-refractivity contribution in [3.8, 4) is 0 Å². The van der Waals surface area contributed by atoms with E-state index in [9.17, 15) is 4.39 Å². The number of anilines is 1. The number of nitrogens with zero attached hydrogens (tertiary/aromatic N) is 1. The summed E-state index contributed by atoms with van der Waals surface area (Å²) in [5, 5.41) is 3.13. The number of hydrogen-bond acceptors (Lipinski definition) is 2. The van der Waals surface area contributed by atoms with Gasteiger partial charge in [0, 0.05) is 19.1 Å². The van der Waals surface area contributed by atoms with E-state index in [4.69, 9.17) is 0 Å². The first-order chi connectivity index (χ1) is 8.86. The number of hydrogen-bond donors (Lipinski definition) is 1. The molecule has 0 heterocycles. The van der Waals surface area contributed by atoms with Crippen LogP contribution in [0.1, 0.15) is 45.7 Å². The van der Waals surface area contributed by atoms with Crippen LogP contribution in [0.25, 0.3) is 0 Å².